The van der Waals surface area contributed by atoms with E-state index in [1.54, 1.807) is 0 Å². The van der Waals surface area contributed by atoms with Gasteiger partial charge in [0, 0.05) is 19.2 Å². The number of hydrogen-bond acceptors (Lipinski definition) is 5. The molecule has 0 fully saturated rings. The van der Waals surface area contributed by atoms with E-state index in [-0.39, 0.29) is 17.0 Å². The number of thiazole rings is 1. The molecule has 0 radical (unpaired) electrons. The average Bonchev–Trinajstić information content (AvgIpc) is 2.58. The van der Waals surface area contributed by atoms with Gasteiger partial charge in [0.05, 0.1) is 12.3 Å². The van der Waals surface area contributed by atoms with Gasteiger partial charge in [-0.1, -0.05) is 0 Å². The quantitative estimate of drug-likeness (QED) is 0.843. The molecular weight excluding hydrogens is 240 g/mol. The Balaban J connectivity index is 2.81. The molecule has 17 heavy (non-hydrogen) atoms. The monoisotopic (exact) mass is 258 g/mol. The van der Waals surface area contributed by atoms with E-state index in [1.807, 2.05) is 0 Å². The van der Waals surface area contributed by atoms with E-state index in [2.05, 4.69) is 31.1 Å². The van der Waals surface area contributed by atoms with Gasteiger partial charge in [0.25, 0.3) is 0 Å². The summed E-state index contributed by atoms with van der Waals surface area (Å²) >= 11 is 1.20. The summed E-state index contributed by atoms with van der Waals surface area (Å²) in [5.74, 6) is -0.948. The van der Waals surface area contributed by atoms with Crippen molar-refractivity contribution in [3.8, 4) is 0 Å². The minimum Gasteiger partial charge on any atom is -0.477 e. The molecule has 6 heteroatoms. The molecule has 0 spiro atoms. The van der Waals surface area contributed by atoms with Gasteiger partial charge in [0.2, 0.25) is 0 Å². The van der Waals surface area contributed by atoms with Crippen LogP contribution in [-0.4, -0.2) is 28.7 Å². The number of ether oxygens (including phenoxy) is 1. The van der Waals surface area contributed by atoms with Crippen LogP contribution in [0.4, 0.5) is 0 Å². The maximum atomic E-state index is 11.0. The zero-order valence-electron chi connectivity index (χ0n) is 10.5. The SMILES string of the molecule is COCc1nc(CNC(C)(C)C)sc1C(=O)O. The van der Waals surface area contributed by atoms with Gasteiger partial charge in [-0.25, -0.2) is 9.78 Å². The molecule has 0 atom stereocenters. The Morgan fingerprint density at radius 3 is 2.65 bits per heavy atom. The molecule has 1 aromatic heterocycles. The van der Waals surface area contributed by atoms with Gasteiger partial charge >= 0.3 is 5.97 Å². The molecule has 0 saturated heterocycles. The summed E-state index contributed by atoms with van der Waals surface area (Å²) < 4.78 is 4.94. The molecule has 0 unspecified atom stereocenters. The van der Waals surface area contributed by atoms with E-state index in [1.165, 1.54) is 18.4 Å². The number of nitrogens with zero attached hydrogens (tertiary/aromatic N) is 1. The molecule has 1 rings (SSSR count). The molecule has 0 aliphatic rings. The number of methoxy groups -OCH3 is 1. The van der Waals surface area contributed by atoms with Gasteiger partial charge < -0.3 is 15.2 Å². The first-order chi connectivity index (χ1) is 7.83. The maximum Gasteiger partial charge on any atom is 0.347 e. The predicted molar refractivity (Wildman–Crippen MR) is 66.4 cm³/mol. The smallest absolute Gasteiger partial charge is 0.347 e. The highest BCUT2D eigenvalue weighted by atomic mass is 32.1. The number of carboxylic acids is 1. The van der Waals surface area contributed by atoms with E-state index in [4.69, 9.17) is 9.84 Å². The number of aromatic carboxylic acids is 1. The Labute approximate surface area is 105 Å². The number of carboxylic acid groups (broad SMARTS) is 1. The molecule has 5 nitrogen and oxygen atoms in total. The highest BCUT2D eigenvalue weighted by Crippen LogP contribution is 2.20. The molecule has 1 aromatic rings. The predicted octanol–water partition coefficient (Wildman–Crippen LogP) is 1.88. The topological polar surface area (TPSA) is 71.5 Å². The summed E-state index contributed by atoms with van der Waals surface area (Å²) in [5, 5.41) is 13.1. The van der Waals surface area contributed by atoms with E-state index >= 15 is 0 Å². The molecule has 96 valence electrons. The van der Waals surface area contributed by atoms with Crippen LogP contribution in [0.2, 0.25) is 0 Å². The van der Waals surface area contributed by atoms with Crippen LogP contribution in [0.25, 0.3) is 0 Å². The summed E-state index contributed by atoms with van der Waals surface area (Å²) in [5.41, 5.74) is 0.479. The normalized spacial score (nSPS) is 11.8. The number of aromatic nitrogens is 1. The number of rotatable bonds is 5. The zero-order chi connectivity index (χ0) is 13.1. The first kappa shape index (κ1) is 14.1. The molecule has 2 N–H and O–H groups in total. The van der Waals surface area contributed by atoms with Crippen LogP contribution in [-0.2, 0) is 17.9 Å². The number of hydrogen-bond donors (Lipinski definition) is 2. The van der Waals surface area contributed by atoms with Gasteiger partial charge in [0.15, 0.2) is 0 Å². The largest absolute Gasteiger partial charge is 0.477 e. The lowest BCUT2D eigenvalue weighted by molar-refractivity contribution is 0.0697. The van der Waals surface area contributed by atoms with Crippen molar-refractivity contribution in [2.45, 2.75) is 39.5 Å². The van der Waals surface area contributed by atoms with E-state index < -0.39 is 5.97 Å². The number of nitrogens with one attached hydrogen (secondary N) is 1. The zero-order valence-corrected chi connectivity index (χ0v) is 11.3. The third kappa shape index (κ3) is 4.41. The standard InChI is InChI=1S/C11H18N2O3S/c1-11(2,3)12-5-8-13-7(6-16-4)9(17-8)10(14)15/h12H,5-6H2,1-4H3,(H,14,15). The van der Waals surface area contributed by atoms with E-state index in [0.29, 0.717) is 12.2 Å². The minimum atomic E-state index is -0.948. The molecule has 1 heterocycles. The van der Waals surface area contributed by atoms with Crippen LogP contribution in [0.5, 0.6) is 0 Å². The van der Waals surface area contributed by atoms with Gasteiger partial charge in [0.1, 0.15) is 9.88 Å². The van der Waals surface area contributed by atoms with E-state index in [9.17, 15) is 4.79 Å². The van der Waals surface area contributed by atoms with Crippen LogP contribution in [0.1, 0.15) is 41.1 Å². The van der Waals surface area contributed by atoms with Crippen LogP contribution in [0.3, 0.4) is 0 Å². The van der Waals surface area contributed by atoms with Gasteiger partial charge in [-0.15, -0.1) is 11.3 Å². The Hall–Kier alpha value is -0.980. The second-order valence-corrected chi connectivity index (χ2v) is 5.81. The highest BCUT2D eigenvalue weighted by Gasteiger charge is 2.18. The summed E-state index contributed by atoms with van der Waals surface area (Å²) in [7, 11) is 1.53. The fourth-order valence-corrected chi connectivity index (χ4v) is 2.06. The van der Waals surface area contributed by atoms with Crippen molar-refractivity contribution >= 4 is 17.3 Å². The van der Waals surface area contributed by atoms with Crippen LogP contribution < -0.4 is 5.32 Å². The van der Waals surface area contributed by atoms with Gasteiger partial charge in [-0.05, 0) is 20.8 Å². The Kier molecular flexibility index (Phi) is 4.62. The molecule has 0 aliphatic carbocycles. The summed E-state index contributed by atoms with van der Waals surface area (Å²) in [6.45, 7) is 6.95. The second-order valence-electron chi connectivity index (χ2n) is 4.73. The molecule has 0 aliphatic heterocycles. The van der Waals surface area contributed by atoms with Crippen LogP contribution >= 0.6 is 11.3 Å². The van der Waals surface area contributed by atoms with Crippen molar-refractivity contribution in [2.75, 3.05) is 7.11 Å². The molecule has 0 saturated carbocycles. The molecule has 0 amide bonds. The lowest BCUT2D eigenvalue weighted by Crippen LogP contribution is -2.35. The summed E-state index contributed by atoms with van der Waals surface area (Å²) in [6, 6.07) is 0. The van der Waals surface area contributed by atoms with E-state index in [0.717, 1.165) is 5.01 Å². The third-order valence-corrected chi connectivity index (χ3v) is 3.07. The van der Waals surface area contributed by atoms with Crippen molar-refractivity contribution in [3.63, 3.8) is 0 Å². The van der Waals surface area contributed by atoms with Crippen molar-refractivity contribution in [3.05, 3.63) is 15.6 Å². The highest BCUT2D eigenvalue weighted by molar-refractivity contribution is 7.13. The maximum absolute atomic E-state index is 11.0. The lowest BCUT2D eigenvalue weighted by Gasteiger charge is -2.19. The Morgan fingerprint density at radius 2 is 2.18 bits per heavy atom. The lowest BCUT2D eigenvalue weighted by atomic mass is 10.1. The van der Waals surface area contributed by atoms with Crippen molar-refractivity contribution in [2.24, 2.45) is 0 Å². The fourth-order valence-electron chi connectivity index (χ4n) is 1.22. The third-order valence-electron chi connectivity index (χ3n) is 1.99. The summed E-state index contributed by atoms with van der Waals surface area (Å²) in [6.07, 6.45) is 0. The molecular formula is C11H18N2O3S. The average molecular weight is 258 g/mol. The molecule has 0 bridgehead atoms. The first-order valence-corrected chi connectivity index (χ1v) is 6.11. The van der Waals surface area contributed by atoms with Crippen molar-refractivity contribution < 1.29 is 14.6 Å². The van der Waals surface area contributed by atoms with Gasteiger partial charge in [-0.2, -0.15) is 0 Å². The Bertz CT molecular complexity index is 396. The van der Waals surface area contributed by atoms with Crippen molar-refractivity contribution in [1.82, 2.24) is 10.3 Å². The fraction of sp³-hybridized carbons (Fsp3) is 0.636. The van der Waals surface area contributed by atoms with Crippen LogP contribution in [0.15, 0.2) is 0 Å². The molecule has 0 aromatic carbocycles. The summed E-state index contributed by atoms with van der Waals surface area (Å²) in [4.78, 5) is 15.5. The minimum absolute atomic E-state index is 0.0174. The first-order valence-electron chi connectivity index (χ1n) is 5.29. The number of carbonyl (C=O) groups is 1. The van der Waals surface area contributed by atoms with Crippen LogP contribution in [0, 0.1) is 0 Å². The Morgan fingerprint density at radius 1 is 1.53 bits per heavy atom. The van der Waals surface area contributed by atoms with Gasteiger partial charge in [-0.3, -0.25) is 0 Å². The second kappa shape index (κ2) is 5.57. The van der Waals surface area contributed by atoms with Crippen molar-refractivity contribution in [1.29, 1.82) is 0 Å².